The van der Waals surface area contributed by atoms with Crippen LogP contribution >= 0.6 is 23.7 Å². The standard InChI is InChI=1S/C19H21N5OS.ClH/c1-22-9-11-23(12-10-22)21-19(25)16-14-24(15-6-3-2-4-7-15)20-18(16)17-8-5-13-26-17;/h2-8,13-14H,9-12H2,1H3,(H,21,25);1H. The predicted molar refractivity (Wildman–Crippen MR) is 111 cm³/mol. The lowest BCUT2D eigenvalue weighted by Gasteiger charge is -2.32. The summed E-state index contributed by atoms with van der Waals surface area (Å²) in [6.45, 7) is 3.54. The van der Waals surface area contributed by atoms with Crippen LogP contribution in [-0.4, -0.2) is 58.8 Å². The van der Waals surface area contributed by atoms with Crippen molar-refractivity contribution in [3.63, 3.8) is 0 Å². The number of carbonyl (C=O) groups excluding carboxylic acids is 1. The van der Waals surface area contributed by atoms with Gasteiger partial charge in [0.1, 0.15) is 5.69 Å². The molecule has 27 heavy (non-hydrogen) atoms. The lowest BCUT2D eigenvalue weighted by atomic mass is 10.2. The molecule has 0 bridgehead atoms. The Morgan fingerprint density at radius 3 is 2.48 bits per heavy atom. The highest BCUT2D eigenvalue weighted by atomic mass is 35.5. The van der Waals surface area contributed by atoms with Crippen LogP contribution in [0.2, 0.25) is 0 Å². The van der Waals surface area contributed by atoms with Crippen molar-refractivity contribution in [2.75, 3.05) is 33.2 Å². The summed E-state index contributed by atoms with van der Waals surface area (Å²) < 4.78 is 1.77. The summed E-state index contributed by atoms with van der Waals surface area (Å²) in [5.74, 6) is -0.111. The Bertz CT molecular complexity index is 873. The second-order valence-electron chi connectivity index (χ2n) is 6.38. The molecule has 3 aromatic rings. The van der Waals surface area contributed by atoms with Crippen molar-refractivity contribution < 1.29 is 4.79 Å². The largest absolute Gasteiger partial charge is 0.304 e. The van der Waals surface area contributed by atoms with E-state index in [-0.39, 0.29) is 18.3 Å². The molecule has 1 amide bonds. The summed E-state index contributed by atoms with van der Waals surface area (Å²) >= 11 is 1.59. The van der Waals surface area contributed by atoms with E-state index in [0.29, 0.717) is 5.56 Å². The van der Waals surface area contributed by atoms with Crippen LogP contribution in [0, 0.1) is 0 Å². The van der Waals surface area contributed by atoms with Gasteiger partial charge in [-0.25, -0.2) is 9.69 Å². The zero-order valence-electron chi connectivity index (χ0n) is 15.0. The van der Waals surface area contributed by atoms with Crippen molar-refractivity contribution in [1.82, 2.24) is 25.1 Å². The maximum atomic E-state index is 12.9. The lowest BCUT2D eigenvalue weighted by Crippen LogP contribution is -2.52. The molecule has 1 aliphatic rings. The number of benzene rings is 1. The maximum absolute atomic E-state index is 12.9. The number of hydrogen-bond donors (Lipinski definition) is 1. The molecule has 0 spiro atoms. The van der Waals surface area contributed by atoms with Gasteiger partial charge in [0.2, 0.25) is 0 Å². The number of para-hydroxylation sites is 1. The first-order chi connectivity index (χ1) is 12.7. The third-order valence-corrected chi connectivity index (χ3v) is 5.37. The second-order valence-corrected chi connectivity index (χ2v) is 7.33. The van der Waals surface area contributed by atoms with Gasteiger partial charge in [-0.15, -0.1) is 23.7 Å². The van der Waals surface area contributed by atoms with Crippen molar-refractivity contribution in [3.05, 3.63) is 59.6 Å². The normalized spacial score (nSPS) is 15.3. The van der Waals surface area contributed by atoms with Crippen molar-refractivity contribution in [1.29, 1.82) is 0 Å². The molecule has 6 nitrogen and oxygen atoms in total. The third kappa shape index (κ3) is 4.39. The smallest absolute Gasteiger partial charge is 0.269 e. The highest BCUT2D eigenvalue weighted by Crippen LogP contribution is 2.27. The van der Waals surface area contributed by atoms with Crippen LogP contribution in [0.5, 0.6) is 0 Å². The molecule has 0 aliphatic carbocycles. The van der Waals surface area contributed by atoms with E-state index in [2.05, 4.69) is 22.5 Å². The average Bonchev–Trinajstić information content (AvgIpc) is 3.34. The minimum absolute atomic E-state index is 0. The lowest BCUT2D eigenvalue weighted by molar-refractivity contribution is 0.0663. The molecular formula is C19H22ClN5OS. The number of aromatic nitrogens is 2. The Balaban J connectivity index is 0.00000210. The molecular weight excluding hydrogens is 382 g/mol. The Hall–Kier alpha value is -2.19. The molecule has 4 rings (SSSR count). The van der Waals surface area contributed by atoms with Gasteiger partial charge in [0.25, 0.3) is 5.91 Å². The Kier molecular flexibility index (Phi) is 6.28. The van der Waals surface area contributed by atoms with Crippen LogP contribution in [-0.2, 0) is 0 Å². The number of nitrogens with zero attached hydrogens (tertiary/aromatic N) is 4. The zero-order chi connectivity index (χ0) is 17.9. The first-order valence-electron chi connectivity index (χ1n) is 8.64. The van der Waals surface area contributed by atoms with Crippen LogP contribution in [0.1, 0.15) is 10.4 Å². The van der Waals surface area contributed by atoms with Gasteiger partial charge in [-0.2, -0.15) is 5.10 Å². The summed E-state index contributed by atoms with van der Waals surface area (Å²) in [6.07, 6.45) is 1.82. The van der Waals surface area contributed by atoms with Crippen molar-refractivity contribution in [2.45, 2.75) is 0 Å². The molecule has 1 N–H and O–H groups in total. The molecule has 142 valence electrons. The second kappa shape index (κ2) is 8.67. The first kappa shape index (κ1) is 19.6. The van der Waals surface area contributed by atoms with Crippen molar-refractivity contribution in [3.8, 4) is 16.3 Å². The number of likely N-dealkylation sites (N-methyl/N-ethyl adjacent to an activating group) is 1. The van der Waals surface area contributed by atoms with Crippen LogP contribution < -0.4 is 5.43 Å². The van der Waals surface area contributed by atoms with E-state index in [0.717, 1.165) is 42.4 Å². The molecule has 1 aliphatic heterocycles. The van der Waals surface area contributed by atoms with Crippen LogP contribution in [0.4, 0.5) is 0 Å². The van der Waals surface area contributed by atoms with Gasteiger partial charge in [-0.1, -0.05) is 24.3 Å². The van der Waals surface area contributed by atoms with Gasteiger partial charge < -0.3 is 4.90 Å². The van der Waals surface area contributed by atoms with Gasteiger partial charge in [0.15, 0.2) is 0 Å². The van der Waals surface area contributed by atoms with E-state index in [4.69, 9.17) is 0 Å². The number of piperazine rings is 1. The highest BCUT2D eigenvalue weighted by molar-refractivity contribution is 7.13. The average molecular weight is 404 g/mol. The number of thiophene rings is 1. The van der Waals surface area contributed by atoms with Crippen LogP contribution in [0.15, 0.2) is 54.0 Å². The molecule has 0 saturated carbocycles. The molecule has 0 radical (unpaired) electrons. The molecule has 1 aromatic carbocycles. The predicted octanol–water partition coefficient (Wildman–Crippen LogP) is 2.91. The van der Waals surface area contributed by atoms with Gasteiger partial charge in [0.05, 0.1) is 16.1 Å². The number of rotatable bonds is 4. The zero-order valence-corrected chi connectivity index (χ0v) is 16.7. The fourth-order valence-electron chi connectivity index (χ4n) is 2.97. The third-order valence-electron chi connectivity index (χ3n) is 4.50. The Labute approximate surface area is 168 Å². The van der Waals surface area contributed by atoms with E-state index < -0.39 is 0 Å². The quantitative estimate of drug-likeness (QED) is 0.727. The van der Waals surface area contributed by atoms with Gasteiger partial charge in [-0.3, -0.25) is 10.2 Å². The van der Waals surface area contributed by atoms with Gasteiger partial charge in [-0.05, 0) is 30.6 Å². The number of halogens is 1. The van der Waals surface area contributed by atoms with Gasteiger partial charge in [0, 0.05) is 32.4 Å². The number of amides is 1. The highest BCUT2D eigenvalue weighted by Gasteiger charge is 2.22. The molecule has 0 unspecified atom stereocenters. The molecule has 1 fully saturated rings. The maximum Gasteiger partial charge on any atom is 0.269 e. The summed E-state index contributed by atoms with van der Waals surface area (Å²) in [5, 5.41) is 8.67. The molecule has 0 atom stereocenters. The van der Waals surface area contributed by atoms with E-state index >= 15 is 0 Å². The molecule has 2 aromatic heterocycles. The number of nitrogens with one attached hydrogen (secondary N) is 1. The topological polar surface area (TPSA) is 53.4 Å². The first-order valence-corrected chi connectivity index (χ1v) is 9.52. The fourth-order valence-corrected chi connectivity index (χ4v) is 3.69. The van der Waals surface area contributed by atoms with E-state index in [1.807, 2.05) is 59.1 Å². The Morgan fingerprint density at radius 1 is 1.07 bits per heavy atom. The van der Waals surface area contributed by atoms with Gasteiger partial charge >= 0.3 is 0 Å². The monoisotopic (exact) mass is 403 g/mol. The number of hydrazine groups is 1. The van der Waals surface area contributed by atoms with E-state index in [9.17, 15) is 4.79 Å². The number of hydrogen-bond acceptors (Lipinski definition) is 5. The fraction of sp³-hybridized carbons (Fsp3) is 0.263. The molecule has 1 saturated heterocycles. The Morgan fingerprint density at radius 2 is 1.81 bits per heavy atom. The van der Waals surface area contributed by atoms with Crippen molar-refractivity contribution >= 4 is 29.7 Å². The minimum atomic E-state index is -0.111. The van der Waals surface area contributed by atoms with Crippen LogP contribution in [0.25, 0.3) is 16.3 Å². The summed E-state index contributed by atoms with van der Waals surface area (Å²) in [5.41, 5.74) is 5.29. The van der Waals surface area contributed by atoms with Crippen molar-refractivity contribution in [2.24, 2.45) is 0 Å². The SMILES string of the molecule is CN1CCN(NC(=O)c2cn(-c3ccccc3)nc2-c2cccs2)CC1.Cl. The molecule has 8 heteroatoms. The number of carbonyl (C=O) groups is 1. The summed E-state index contributed by atoms with van der Waals surface area (Å²) in [7, 11) is 2.10. The minimum Gasteiger partial charge on any atom is -0.304 e. The van der Waals surface area contributed by atoms with Crippen LogP contribution in [0.3, 0.4) is 0 Å². The molecule has 3 heterocycles. The summed E-state index contributed by atoms with van der Waals surface area (Å²) in [4.78, 5) is 16.2. The van der Waals surface area contributed by atoms with E-state index in [1.54, 1.807) is 16.0 Å². The van der Waals surface area contributed by atoms with E-state index in [1.165, 1.54) is 0 Å². The summed E-state index contributed by atoms with van der Waals surface area (Å²) in [6, 6.07) is 13.8.